The summed E-state index contributed by atoms with van der Waals surface area (Å²) < 4.78 is 5.12. The molecule has 1 unspecified atom stereocenters. The van der Waals surface area contributed by atoms with E-state index in [9.17, 15) is 0 Å². The Morgan fingerprint density at radius 2 is 2.33 bits per heavy atom. The van der Waals surface area contributed by atoms with Crippen LogP contribution in [0.25, 0.3) is 0 Å². The third-order valence-corrected chi connectivity index (χ3v) is 3.27. The van der Waals surface area contributed by atoms with Gasteiger partial charge in [-0.15, -0.1) is 0 Å². The van der Waals surface area contributed by atoms with E-state index >= 15 is 0 Å². The zero-order chi connectivity index (χ0) is 13.0. The van der Waals surface area contributed by atoms with Crippen LogP contribution in [0.5, 0.6) is 0 Å². The van der Waals surface area contributed by atoms with Gasteiger partial charge in [-0.2, -0.15) is 0 Å². The van der Waals surface area contributed by atoms with E-state index in [4.69, 9.17) is 4.74 Å². The van der Waals surface area contributed by atoms with Gasteiger partial charge >= 0.3 is 0 Å². The Balaban J connectivity index is 2.22. The second-order valence-corrected chi connectivity index (χ2v) is 4.90. The summed E-state index contributed by atoms with van der Waals surface area (Å²) in [7, 11) is 3.54. The first kappa shape index (κ1) is 13.1. The number of piperidine rings is 1. The number of anilines is 2. The predicted molar refractivity (Wildman–Crippen MR) is 72.9 cm³/mol. The van der Waals surface area contributed by atoms with Crippen molar-refractivity contribution in [3.63, 3.8) is 0 Å². The van der Waals surface area contributed by atoms with Crippen LogP contribution in [0.3, 0.4) is 0 Å². The third kappa shape index (κ3) is 3.10. The van der Waals surface area contributed by atoms with Crippen molar-refractivity contribution in [2.45, 2.75) is 26.4 Å². The van der Waals surface area contributed by atoms with Crippen LogP contribution in [0.15, 0.2) is 6.07 Å². The summed E-state index contributed by atoms with van der Waals surface area (Å²) in [6, 6.07) is 2.01. The Morgan fingerprint density at radius 1 is 1.50 bits per heavy atom. The van der Waals surface area contributed by atoms with Crippen LogP contribution < -0.4 is 10.2 Å². The van der Waals surface area contributed by atoms with Crippen molar-refractivity contribution in [1.29, 1.82) is 0 Å². The van der Waals surface area contributed by atoms with Crippen LogP contribution in [0.2, 0.25) is 0 Å². The van der Waals surface area contributed by atoms with Gasteiger partial charge in [0, 0.05) is 33.3 Å². The minimum Gasteiger partial charge on any atom is -0.377 e. The monoisotopic (exact) mass is 250 g/mol. The van der Waals surface area contributed by atoms with Crippen LogP contribution in [-0.2, 0) is 11.3 Å². The van der Waals surface area contributed by atoms with Crippen molar-refractivity contribution >= 4 is 11.6 Å². The Kier molecular flexibility index (Phi) is 4.36. The lowest BCUT2D eigenvalue weighted by Crippen LogP contribution is -2.35. The van der Waals surface area contributed by atoms with Gasteiger partial charge in [-0.3, -0.25) is 0 Å². The van der Waals surface area contributed by atoms with E-state index < -0.39 is 0 Å². The molecule has 0 aliphatic carbocycles. The minimum absolute atomic E-state index is 0.450. The van der Waals surface area contributed by atoms with E-state index in [-0.39, 0.29) is 0 Å². The second-order valence-electron chi connectivity index (χ2n) is 4.90. The van der Waals surface area contributed by atoms with Crippen molar-refractivity contribution < 1.29 is 4.74 Å². The number of hydrogen-bond acceptors (Lipinski definition) is 5. The van der Waals surface area contributed by atoms with Crippen LogP contribution in [0.1, 0.15) is 25.6 Å². The Morgan fingerprint density at radius 3 is 3.00 bits per heavy atom. The van der Waals surface area contributed by atoms with Gasteiger partial charge in [0.1, 0.15) is 18.2 Å². The SMILES string of the molecule is CNc1cc(N2CCCC(C)C2)nc(COC)n1. The largest absolute Gasteiger partial charge is 0.377 e. The number of nitrogens with one attached hydrogen (secondary N) is 1. The topological polar surface area (TPSA) is 50.3 Å². The molecule has 0 amide bonds. The molecule has 5 nitrogen and oxygen atoms in total. The summed E-state index contributed by atoms with van der Waals surface area (Å²) in [6.45, 7) is 4.90. The number of methoxy groups -OCH3 is 1. The van der Waals surface area contributed by atoms with Crippen molar-refractivity contribution in [2.75, 3.05) is 37.5 Å². The summed E-state index contributed by atoms with van der Waals surface area (Å²) in [5, 5.41) is 3.08. The lowest BCUT2D eigenvalue weighted by molar-refractivity contribution is 0.178. The van der Waals surface area contributed by atoms with E-state index in [2.05, 4.69) is 27.1 Å². The van der Waals surface area contributed by atoms with E-state index in [0.717, 1.165) is 36.5 Å². The van der Waals surface area contributed by atoms with Gasteiger partial charge in [0.25, 0.3) is 0 Å². The Bertz CT molecular complexity index is 397. The molecule has 1 N–H and O–H groups in total. The highest BCUT2D eigenvalue weighted by molar-refractivity contribution is 5.49. The molecule has 1 aromatic heterocycles. The fourth-order valence-corrected chi connectivity index (χ4v) is 2.36. The maximum Gasteiger partial charge on any atom is 0.158 e. The molecule has 0 saturated carbocycles. The lowest BCUT2D eigenvalue weighted by Gasteiger charge is -2.32. The van der Waals surface area contributed by atoms with Crippen molar-refractivity contribution in [1.82, 2.24) is 9.97 Å². The van der Waals surface area contributed by atoms with Gasteiger partial charge < -0.3 is 15.0 Å². The highest BCUT2D eigenvalue weighted by Gasteiger charge is 2.18. The maximum atomic E-state index is 5.12. The molecule has 1 atom stereocenters. The smallest absolute Gasteiger partial charge is 0.158 e. The first-order chi connectivity index (χ1) is 8.72. The number of ether oxygens (including phenoxy) is 1. The van der Waals surface area contributed by atoms with Crippen molar-refractivity contribution in [3.05, 3.63) is 11.9 Å². The number of rotatable bonds is 4. The summed E-state index contributed by atoms with van der Waals surface area (Å²) in [4.78, 5) is 11.3. The first-order valence-electron chi connectivity index (χ1n) is 6.52. The molecule has 18 heavy (non-hydrogen) atoms. The van der Waals surface area contributed by atoms with Gasteiger partial charge in [-0.25, -0.2) is 9.97 Å². The lowest BCUT2D eigenvalue weighted by atomic mass is 10.0. The van der Waals surface area contributed by atoms with Gasteiger partial charge in [0.2, 0.25) is 0 Å². The molecular weight excluding hydrogens is 228 g/mol. The van der Waals surface area contributed by atoms with Crippen LogP contribution >= 0.6 is 0 Å². The molecule has 0 bridgehead atoms. The summed E-state index contributed by atoms with van der Waals surface area (Å²) in [5.41, 5.74) is 0. The maximum absolute atomic E-state index is 5.12. The number of nitrogens with zero attached hydrogens (tertiary/aromatic N) is 3. The van der Waals surface area contributed by atoms with Crippen LogP contribution in [0.4, 0.5) is 11.6 Å². The van der Waals surface area contributed by atoms with Crippen LogP contribution in [-0.4, -0.2) is 37.2 Å². The van der Waals surface area contributed by atoms with Gasteiger partial charge in [0.15, 0.2) is 5.82 Å². The molecule has 2 heterocycles. The molecule has 1 aromatic rings. The summed E-state index contributed by atoms with van der Waals surface area (Å²) in [6.07, 6.45) is 2.55. The zero-order valence-corrected chi connectivity index (χ0v) is 11.4. The first-order valence-corrected chi connectivity index (χ1v) is 6.52. The van der Waals surface area contributed by atoms with E-state index in [0.29, 0.717) is 6.61 Å². The second kappa shape index (κ2) is 6.00. The molecule has 0 radical (unpaired) electrons. The molecule has 1 aliphatic heterocycles. The average molecular weight is 250 g/mol. The van der Waals surface area contributed by atoms with E-state index in [1.165, 1.54) is 12.8 Å². The molecule has 0 aromatic carbocycles. The van der Waals surface area contributed by atoms with Gasteiger partial charge in [0.05, 0.1) is 0 Å². The molecule has 2 rings (SSSR count). The van der Waals surface area contributed by atoms with E-state index in [1.807, 2.05) is 13.1 Å². The third-order valence-electron chi connectivity index (χ3n) is 3.27. The Labute approximate surface area is 109 Å². The quantitative estimate of drug-likeness (QED) is 0.884. The molecular formula is C13H22N4O. The standard InChI is InChI=1S/C13H22N4O/c1-10-5-4-6-17(8-10)13-7-11(14-2)15-12(16-13)9-18-3/h7,10H,4-6,8-9H2,1-3H3,(H,14,15,16). The fourth-order valence-electron chi connectivity index (χ4n) is 2.36. The molecule has 1 fully saturated rings. The summed E-state index contributed by atoms with van der Waals surface area (Å²) in [5.74, 6) is 3.33. The highest BCUT2D eigenvalue weighted by atomic mass is 16.5. The predicted octanol–water partition coefficient (Wildman–Crippen LogP) is 1.90. The zero-order valence-electron chi connectivity index (χ0n) is 11.4. The fraction of sp³-hybridized carbons (Fsp3) is 0.692. The average Bonchev–Trinajstić information content (AvgIpc) is 2.39. The van der Waals surface area contributed by atoms with E-state index in [1.54, 1.807) is 7.11 Å². The number of hydrogen-bond donors (Lipinski definition) is 1. The summed E-state index contributed by atoms with van der Waals surface area (Å²) >= 11 is 0. The molecule has 0 spiro atoms. The number of aromatic nitrogens is 2. The highest BCUT2D eigenvalue weighted by Crippen LogP contribution is 2.23. The van der Waals surface area contributed by atoms with Crippen molar-refractivity contribution in [3.8, 4) is 0 Å². The molecule has 1 aliphatic rings. The Hall–Kier alpha value is -1.36. The minimum atomic E-state index is 0.450. The van der Waals surface area contributed by atoms with Gasteiger partial charge in [-0.05, 0) is 18.8 Å². The molecule has 100 valence electrons. The molecule has 5 heteroatoms. The van der Waals surface area contributed by atoms with Gasteiger partial charge in [-0.1, -0.05) is 6.92 Å². The molecule has 1 saturated heterocycles. The van der Waals surface area contributed by atoms with Crippen LogP contribution in [0, 0.1) is 5.92 Å². The normalized spacial score (nSPS) is 19.9. The van der Waals surface area contributed by atoms with Crippen molar-refractivity contribution in [2.24, 2.45) is 5.92 Å².